The molecule has 1 rings (SSSR count). The minimum Gasteiger partial charge on any atom is -0.396 e. The molecule has 5 nitrogen and oxygen atoms in total. The van der Waals surface area contributed by atoms with Gasteiger partial charge in [0, 0.05) is 24.3 Å². The Labute approximate surface area is 99.8 Å². The highest BCUT2D eigenvalue weighted by Crippen LogP contribution is 2.25. The summed E-state index contributed by atoms with van der Waals surface area (Å²) in [6.45, 7) is 4.16. The predicted octanol–water partition coefficient (Wildman–Crippen LogP) is 1.11. The minimum absolute atomic E-state index is 0.208. The van der Waals surface area contributed by atoms with Crippen LogP contribution >= 0.6 is 11.8 Å². The number of hydrogen-bond acceptors (Lipinski definition) is 6. The number of nitrogens with one attached hydrogen (secondary N) is 1. The van der Waals surface area contributed by atoms with Gasteiger partial charge in [-0.3, -0.25) is 0 Å². The summed E-state index contributed by atoms with van der Waals surface area (Å²) in [5.74, 6) is 7.72. The smallest absolute Gasteiger partial charge is 0.147 e. The number of nitrogen functional groups attached to an aromatic ring is 1. The number of thioether (sulfide) groups is 1. The summed E-state index contributed by atoms with van der Waals surface area (Å²) in [5.41, 5.74) is 3.55. The summed E-state index contributed by atoms with van der Waals surface area (Å²) < 4.78 is 0. The number of aliphatic hydroxyl groups excluding tert-OH is 1. The zero-order chi connectivity index (χ0) is 12.0. The first-order valence-electron chi connectivity index (χ1n) is 5.30. The average molecular weight is 242 g/mol. The Kier molecular flexibility index (Phi) is 5.51. The van der Waals surface area contributed by atoms with Gasteiger partial charge in [0.1, 0.15) is 16.7 Å². The van der Waals surface area contributed by atoms with Crippen LogP contribution in [0.5, 0.6) is 0 Å². The number of hydrazine groups is 1. The second kappa shape index (κ2) is 6.67. The third-order valence-corrected chi connectivity index (χ3v) is 3.31. The summed E-state index contributed by atoms with van der Waals surface area (Å²) in [6, 6.07) is 0. The average Bonchev–Trinajstić information content (AvgIpc) is 2.31. The fourth-order valence-corrected chi connectivity index (χ4v) is 2.16. The maximum Gasteiger partial charge on any atom is 0.147 e. The first-order chi connectivity index (χ1) is 7.72. The summed E-state index contributed by atoms with van der Waals surface area (Å²) in [6.07, 6.45) is 1.55. The highest BCUT2D eigenvalue weighted by Gasteiger charge is 2.09. The number of aryl methyl sites for hydroxylation is 1. The van der Waals surface area contributed by atoms with Gasteiger partial charge < -0.3 is 10.5 Å². The van der Waals surface area contributed by atoms with E-state index in [9.17, 15) is 0 Å². The van der Waals surface area contributed by atoms with Gasteiger partial charge in [0.15, 0.2) is 0 Å². The molecule has 90 valence electrons. The number of anilines is 1. The molecule has 16 heavy (non-hydrogen) atoms. The molecule has 0 atom stereocenters. The molecule has 0 aromatic carbocycles. The monoisotopic (exact) mass is 242 g/mol. The van der Waals surface area contributed by atoms with Crippen LogP contribution < -0.4 is 11.3 Å². The predicted molar refractivity (Wildman–Crippen MR) is 66.4 cm³/mol. The fraction of sp³-hybridized carbons (Fsp3) is 0.600. The number of aromatic nitrogens is 2. The van der Waals surface area contributed by atoms with E-state index >= 15 is 0 Å². The topological polar surface area (TPSA) is 84.1 Å². The third kappa shape index (κ3) is 3.33. The molecule has 0 spiro atoms. The van der Waals surface area contributed by atoms with Crippen molar-refractivity contribution in [3.63, 3.8) is 0 Å². The van der Waals surface area contributed by atoms with Crippen molar-refractivity contribution in [2.24, 2.45) is 5.84 Å². The van der Waals surface area contributed by atoms with E-state index in [0.29, 0.717) is 5.82 Å². The molecule has 6 heteroatoms. The van der Waals surface area contributed by atoms with Gasteiger partial charge in [-0.1, -0.05) is 6.92 Å². The van der Waals surface area contributed by atoms with Crippen molar-refractivity contribution in [2.75, 3.05) is 17.8 Å². The van der Waals surface area contributed by atoms with E-state index < -0.39 is 0 Å². The zero-order valence-corrected chi connectivity index (χ0v) is 10.5. The van der Waals surface area contributed by atoms with E-state index in [0.717, 1.165) is 35.0 Å². The molecule has 0 amide bonds. The Morgan fingerprint density at radius 2 is 2.19 bits per heavy atom. The van der Waals surface area contributed by atoms with Gasteiger partial charge in [-0.2, -0.15) is 0 Å². The first-order valence-corrected chi connectivity index (χ1v) is 6.29. The lowest BCUT2D eigenvalue weighted by Gasteiger charge is -2.10. The molecule has 0 aliphatic heterocycles. The van der Waals surface area contributed by atoms with Crippen LogP contribution in [-0.4, -0.2) is 27.4 Å². The molecule has 4 N–H and O–H groups in total. The summed E-state index contributed by atoms with van der Waals surface area (Å²) >= 11 is 1.62. The van der Waals surface area contributed by atoms with Crippen molar-refractivity contribution in [1.82, 2.24) is 9.97 Å². The van der Waals surface area contributed by atoms with Crippen molar-refractivity contribution >= 4 is 17.6 Å². The van der Waals surface area contributed by atoms with Gasteiger partial charge in [0.25, 0.3) is 0 Å². The van der Waals surface area contributed by atoms with E-state index in [2.05, 4.69) is 15.4 Å². The Morgan fingerprint density at radius 3 is 2.75 bits per heavy atom. The van der Waals surface area contributed by atoms with Crippen LogP contribution in [0.1, 0.15) is 24.7 Å². The second-order valence-electron chi connectivity index (χ2n) is 3.34. The molecule has 1 heterocycles. The van der Waals surface area contributed by atoms with Crippen molar-refractivity contribution in [1.29, 1.82) is 0 Å². The molecular formula is C10H18N4OS. The van der Waals surface area contributed by atoms with Crippen molar-refractivity contribution in [3.05, 3.63) is 11.4 Å². The highest BCUT2D eigenvalue weighted by atomic mass is 32.2. The molecule has 0 unspecified atom stereocenters. The third-order valence-electron chi connectivity index (χ3n) is 2.14. The molecule has 0 bridgehead atoms. The molecular weight excluding hydrogens is 224 g/mol. The lowest BCUT2D eigenvalue weighted by molar-refractivity contribution is 0.296. The first kappa shape index (κ1) is 13.2. The minimum atomic E-state index is 0.208. The van der Waals surface area contributed by atoms with Crippen LogP contribution in [0, 0.1) is 6.92 Å². The second-order valence-corrected chi connectivity index (χ2v) is 4.43. The number of hydrogen-bond donors (Lipinski definition) is 3. The molecule has 0 aliphatic rings. The molecule has 0 saturated carbocycles. The largest absolute Gasteiger partial charge is 0.396 e. The van der Waals surface area contributed by atoms with E-state index in [-0.39, 0.29) is 6.61 Å². The maximum absolute atomic E-state index is 8.74. The molecule has 0 fully saturated rings. The van der Waals surface area contributed by atoms with Gasteiger partial charge in [-0.25, -0.2) is 15.8 Å². The van der Waals surface area contributed by atoms with Crippen LogP contribution in [0.15, 0.2) is 5.03 Å². The Hall–Kier alpha value is -0.850. The Morgan fingerprint density at radius 1 is 1.44 bits per heavy atom. The number of rotatable bonds is 6. The van der Waals surface area contributed by atoms with Crippen LogP contribution in [-0.2, 0) is 6.42 Å². The van der Waals surface area contributed by atoms with Gasteiger partial charge in [-0.05, 0) is 13.3 Å². The quantitative estimate of drug-likeness (QED) is 0.228. The summed E-state index contributed by atoms with van der Waals surface area (Å²) in [4.78, 5) is 8.73. The number of nitrogens with two attached hydrogens (primary N) is 1. The highest BCUT2D eigenvalue weighted by molar-refractivity contribution is 7.99. The van der Waals surface area contributed by atoms with E-state index in [1.807, 2.05) is 13.8 Å². The van der Waals surface area contributed by atoms with Gasteiger partial charge in [0.2, 0.25) is 0 Å². The van der Waals surface area contributed by atoms with E-state index in [4.69, 9.17) is 10.9 Å². The summed E-state index contributed by atoms with van der Waals surface area (Å²) in [7, 11) is 0. The Balaban J connectivity index is 2.88. The molecule has 0 aliphatic carbocycles. The lowest BCUT2D eigenvalue weighted by atomic mass is 10.3. The summed E-state index contributed by atoms with van der Waals surface area (Å²) in [5, 5.41) is 9.67. The zero-order valence-electron chi connectivity index (χ0n) is 9.66. The van der Waals surface area contributed by atoms with Crippen LogP contribution in [0.2, 0.25) is 0 Å². The van der Waals surface area contributed by atoms with Crippen LogP contribution in [0.25, 0.3) is 0 Å². The number of nitrogens with zero attached hydrogens (tertiary/aromatic N) is 2. The van der Waals surface area contributed by atoms with Gasteiger partial charge >= 0.3 is 0 Å². The molecule has 1 aromatic rings. The van der Waals surface area contributed by atoms with Crippen molar-refractivity contribution in [2.45, 2.75) is 31.7 Å². The number of aliphatic hydroxyl groups is 1. The van der Waals surface area contributed by atoms with Crippen molar-refractivity contribution in [3.8, 4) is 0 Å². The van der Waals surface area contributed by atoms with Gasteiger partial charge in [-0.15, -0.1) is 11.8 Å². The fourth-order valence-electron chi connectivity index (χ4n) is 1.21. The van der Waals surface area contributed by atoms with Crippen LogP contribution in [0.3, 0.4) is 0 Å². The molecule has 1 aromatic heterocycles. The molecule has 0 saturated heterocycles. The van der Waals surface area contributed by atoms with Crippen molar-refractivity contribution < 1.29 is 5.11 Å². The lowest BCUT2D eigenvalue weighted by Crippen LogP contribution is -2.13. The molecule has 0 radical (unpaired) electrons. The standard InChI is InChI=1S/C10H18N4OS/c1-3-8-12-9(14-11)7(2)10(13-8)16-6-4-5-15/h15H,3-6,11H2,1-2H3,(H,12,13,14). The van der Waals surface area contributed by atoms with E-state index in [1.54, 1.807) is 11.8 Å². The van der Waals surface area contributed by atoms with E-state index in [1.165, 1.54) is 0 Å². The van der Waals surface area contributed by atoms with Gasteiger partial charge in [0.05, 0.1) is 0 Å². The SMILES string of the molecule is CCc1nc(NN)c(C)c(SCCCO)n1. The normalized spacial score (nSPS) is 10.5. The van der Waals surface area contributed by atoms with Crippen LogP contribution in [0.4, 0.5) is 5.82 Å². The Bertz CT molecular complexity index is 346. The maximum atomic E-state index is 8.74.